The van der Waals surface area contributed by atoms with Crippen LogP contribution in [0.15, 0.2) is 36.5 Å². The zero-order valence-electron chi connectivity index (χ0n) is 16.3. The average molecular weight is 396 g/mol. The highest BCUT2D eigenvalue weighted by Gasteiger charge is 3.08. The van der Waals surface area contributed by atoms with E-state index in [4.69, 9.17) is 0 Å². The van der Waals surface area contributed by atoms with Crippen molar-refractivity contribution in [3.63, 3.8) is 0 Å². The first-order valence-corrected chi connectivity index (χ1v) is 11.7. The second kappa shape index (κ2) is 3.49. The first-order valence-electron chi connectivity index (χ1n) is 11.7. The number of allylic oxidation sites excluding steroid dienone is 6. The van der Waals surface area contributed by atoms with Gasteiger partial charge in [0.15, 0.2) is 11.6 Å². The molecule has 4 heteroatoms. The van der Waals surface area contributed by atoms with Gasteiger partial charge < -0.3 is 0 Å². The van der Waals surface area contributed by atoms with Gasteiger partial charge in [-0.1, -0.05) is 24.3 Å². The lowest BCUT2D eigenvalue weighted by atomic mass is 9.32. The summed E-state index contributed by atoms with van der Waals surface area (Å²) in [5.74, 6) is 0.986. The molecule has 4 nitrogen and oxygen atoms in total. The number of rotatable bonds is 0. The lowest BCUT2D eigenvalue weighted by molar-refractivity contribution is -0.202. The Kier molecular flexibility index (Phi) is 1.73. The first kappa shape index (κ1) is 14.8. The van der Waals surface area contributed by atoms with Crippen LogP contribution in [0.5, 0.6) is 0 Å². The lowest BCUT2D eigenvalue weighted by Crippen LogP contribution is -2.76. The summed E-state index contributed by atoms with van der Waals surface area (Å²) in [6.07, 6.45) is 13.5. The standard InChI is InChI=1S/C26H20O4/c27-15-5-6-16(28)18-12-4-3-11(17(15)18)25-13-8-14-20-19(13)23(21(25)29)9-1-2-10(7-9)24(20,23)22(30)26(12,14)25/h1-6,9-14,17-20H,7-8H2/t9-,10+,11-,12+,13-,14+,17-,18+,19-,20+,23-,24+,25+,26-. The largest absolute Gasteiger partial charge is 0.298 e. The third kappa shape index (κ3) is 0.786. The van der Waals surface area contributed by atoms with Gasteiger partial charge in [0.2, 0.25) is 0 Å². The Bertz CT molecular complexity index is 1150. The molecule has 0 aromatic carbocycles. The Hall–Kier alpha value is -2.10. The molecule has 0 aliphatic heterocycles. The van der Waals surface area contributed by atoms with Gasteiger partial charge in [-0.2, -0.15) is 0 Å². The average Bonchev–Trinajstić information content (AvgIpc) is 3.48. The topological polar surface area (TPSA) is 68.3 Å². The number of hydrogen-bond acceptors (Lipinski definition) is 4. The molecule has 14 atom stereocenters. The molecule has 7 saturated carbocycles. The highest BCUT2D eigenvalue weighted by atomic mass is 16.2. The summed E-state index contributed by atoms with van der Waals surface area (Å²) >= 11 is 0. The van der Waals surface area contributed by atoms with Gasteiger partial charge in [0.25, 0.3) is 0 Å². The first-order chi connectivity index (χ1) is 14.5. The van der Waals surface area contributed by atoms with Crippen LogP contribution in [-0.4, -0.2) is 23.1 Å². The molecule has 4 spiro atoms. The molecule has 11 aliphatic carbocycles. The van der Waals surface area contributed by atoms with Crippen LogP contribution in [0.2, 0.25) is 0 Å². The van der Waals surface area contributed by atoms with E-state index in [0.29, 0.717) is 23.4 Å². The maximum Gasteiger partial charge on any atom is 0.160 e. The molecule has 0 amide bonds. The molecule has 0 unspecified atom stereocenters. The molecule has 7 fully saturated rings. The van der Waals surface area contributed by atoms with Gasteiger partial charge in [-0.3, -0.25) is 19.2 Å². The van der Waals surface area contributed by atoms with Crippen molar-refractivity contribution < 1.29 is 19.2 Å². The van der Waals surface area contributed by atoms with E-state index < -0.39 is 33.5 Å². The van der Waals surface area contributed by atoms with E-state index in [1.54, 1.807) is 0 Å². The van der Waals surface area contributed by atoms with Crippen molar-refractivity contribution in [2.24, 2.45) is 80.8 Å². The van der Waals surface area contributed by atoms with E-state index in [2.05, 4.69) is 24.3 Å². The van der Waals surface area contributed by atoms with Crippen molar-refractivity contribution in [2.75, 3.05) is 0 Å². The summed E-state index contributed by atoms with van der Waals surface area (Å²) in [5.41, 5.74) is -2.33. The van der Waals surface area contributed by atoms with Crippen LogP contribution >= 0.6 is 0 Å². The summed E-state index contributed by atoms with van der Waals surface area (Å²) in [6, 6.07) is 0. The molecular weight excluding hydrogens is 376 g/mol. The van der Waals surface area contributed by atoms with Crippen molar-refractivity contribution in [3.05, 3.63) is 36.5 Å². The van der Waals surface area contributed by atoms with Gasteiger partial charge in [-0.05, 0) is 60.5 Å². The van der Waals surface area contributed by atoms with Gasteiger partial charge in [0, 0.05) is 23.7 Å². The molecule has 11 rings (SSSR count). The molecule has 11 aliphatic rings. The Balaban J connectivity index is 1.38. The number of fused-ring (bicyclic) bond motifs is 2. The van der Waals surface area contributed by atoms with Crippen molar-refractivity contribution >= 4 is 23.1 Å². The molecule has 0 radical (unpaired) electrons. The SMILES string of the molecule is O=C1C=CC(=O)[C@H]2[C@@H]1[C@H]1C=C[C@@H]2[C@]23C(=O)[C@]45[C@@H]6[C@H]7[C@@H](C[C@@H]62)[C@]13C(=O)[C@@]74[C@@H]1C=C[C@H]5C1. The van der Waals surface area contributed by atoms with Crippen molar-refractivity contribution in [2.45, 2.75) is 12.8 Å². The number of Topliss-reactive ketones (excluding diaryl/α,β-unsaturated/α-hetero) is 2. The van der Waals surface area contributed by atoms with Crippen LogP contribution in [-0.2, 0) is 19.2 Å². The van der Waals surface area contributed by atoms with Gasteiger partial charge >= 0.3 is 0 Å². The van der Waals surface area contributed by atoms with Gasteiger partial charge in [-0.15, -0.1) is 0 Å². The van der Waals surface area contributed by atoms with Gasteiger partial charge in [-0.25, -0.2) is 0 Å². The molecule has 0 saturated heterocycles. The fourth-order valence-electron chi connectivity index (χ4n) is 13.4. The molecule has 148 valence electrons. The van der Waals surface area contributed by atoms with Gasteiger partial charge in [0.05, 0.1) is 21.7 Å². The summed E-state index contributed by atoms with van der Waals surface area (Å²) in [4.78, 5) is 55.8. The molecule has 0 aromatic rings. The predicted molar refractivity (Wildman–Crippen MR) is 101 cm³/mol. The molecule has 0 N–H and O–H groups in total. The zero-order chi connectivity index (χ0) is 19.7. The minimum absolute atomic E-state index is 0.00193. The fraction of sp³-hybridized carbons (Fsp3) is 0.615. The van der Waals surface area contributed by atoms with Crippen LogP contribution in [0.1, 0.15) is 12.8 Å². The van der Waals surface area contributed by atoms with Crippen LogP contribution in [0.4, 0.5) is 0 Å². The van der Waals surface area contributed by atoms with Crippen molar-refractivity contribution in [3.8, 4) is 0 Å². The Morgan fingerprint density at radius 2 is 1.07 bits per heavy atom. The second-order valence-corrected chi connectivity index (χ2v) is 12.1. The number of carbonyl (C=O) groups excluding carboxylic acids is 4. The van der Waals surface area contributed by atoms with Crippen LogP contribution < -0.4 is 0 Å². The second-order valence-electron chi connectivity index (χ2n) is 12.1. The lowest BCUT2D eigenvalue weighted by Gasteiger charge is -2.67. The number of ketones is 4. The number of hydrogen-bond donors (Lipinski definition) is 0. The van der Waals surface area contributed by atoms with E-state index in [1.165, 1.54) is 12.2 Å². The Morgan fingerprint density at radius 1 is 0.600 bits per heavy atom. The number of carbonyl (C=O) groups is 4. The summed E-state index contributed by atoms with van der Waals surface area (Å²) in [5, 5.41) is 0. The minimum atomic E-state index is -0.698. The van der Waals surface area contributed by atoms with Crippen LogP contribution in [0.3, 0.4) is 0 Å². The quantitative estimate of drug-likeness (QED) is 0.587. The van der Waals surface area contributed by atoms with Crippen molar-refractivity contribution in [1.82, 2.24) is 0 Å². The van der Waals surface area contributed by atoms with E-state index in [0.717, 1.165) is 12.8 Å². The third-order valence-corrected chi connectivity index (χ3v) is 12.9. The molecule has 30 heavy (non-hydrogen) atoms. The van der Waals surface area contributed by atoms with E-state index >= 15 is 0 Å². The summed E-state index contributed by atoms with van der Waals surface area (Å²) < 4.78 is 0. The highest BCUT2D eigenvalue weighted by molar-refractivity contribution is 6.20. The highest BCUT2D eigenvalue weighted by Crippen LogP contribution is 3.04. The zero-order valence-corrected chi connectivity index (χ0v) is 16.3. The summed E-state index contributed by atoms with van der Waals surface area (Å²) in [7, 11) is 0. The maximum absolute atomic E-state index is 14.8. The minimum Gasteiger partial charge on any atom is -0.298 e. The molecule has 0 aromatic heterocycles. The Labute approximate surface area is 172 Å². The van der Waals surface area contributed by atoms with E-state index in [-0.39, 0.29) is 47.1 Å². The molecule has 0 heterocycles. The fourth-order valence-corrected chi connectivity index (χ4v) is 13.4. The molecule has 6 bridgehead atoms. The molecular formula is C26H20O4. The summed E-state index contributed by atoms with van der Waals surface area (Å²) in [6.45, 7) is 0. The van der Waals surface area contributed by atoms with Crippen LogP contribution in [0, 0.1) is 80.8 Å². The maximum atomic E-state index is 14.8. The van der Waals surface area contributed by atoms with E-state index in [1.807, 2.05) is 0 Å². The predicted octanol–water partition coefficient (Wildman–Crippen LogP) is 1.96. The van der Waals surface area contributed by atoms with E-state index in [9.17, 15) is 19.2 Å². The van der Waals surface area contributed by atoms with Gasteiger partial charge in [0.1, 0.15) is 11.6 Å². The monoisotopic (exact) mass is 396 g/mol. The van der Waals surface area contributed by atoms with Crippen LogP contribution in [0.25, 0.3) is 0 Å². The third-order valence-electron chi connectivity index (χ3n) is 12.9. The van der Waals surface area contributed by atoms with Crippen molar-refractivity contribution in [1.29, 1.82) is 0 Å². The smallest absolute Gasteiger partial charge is 0.160 e. The normalized spacial score (nSPS) is 71.5. The Morgan fingerprint density at radius 3 is 1.53 bits per heavy atom.